The fourth-order valence-corrected chi connectivity index (χ4v) is 2.89. The minimum atomic E-state index is -5.11. The van der Waals surface area contributed by atoms with Gasteiger partial charge in [0, 0.05) is 6.54 Å². The number of methoxy groups -OCH3 is 1. The maximum absolute atomic E-state index is 13.7. The molecule has 0 aliphatic heterocycles. The minimum Gasteiger partial charge on any atom is -0.494 e. The first-order valence-corrected chi connectivity index (χ1v) is 8.85. The van der Waals surface area contributed by atoms with Crippen molar-refractivity contribution in [3.8, 4) is 11.4 Å². The van der Waals surface area contributed by atoms with E-state index in [1.54, 1.807) is 0 Å². The van der Waals surface area contributed by atoms with Crippen LogP contribution in [-0.4, -0.2) is 22.8 Å². The molecule has 0 atom stereocenters. The largest absolute Gasteiger partial charge is 0.494 e. The van der Waals surface area contributed by atoms with Gasteiger partial charge in [0.2, 0.25) is 0 Å². The fourth-order valence-electron chi connectivity index (χ4n) is 2.89. The number of nitrogens with zero attached hydrogens (tertiary/aromatic N) is 2. The molecule has 2 aromatic carbocycles. The average Bonchev–Trinajstić information content (AvgIpc) is 3.17. The van der Waals surface area contributed by atoms with E-state index in [-0.39, 0.29) is 22.5 Å². The number of rotatable bonds is 5. The summed E-state index contributed by atoms with van der Waals surface area (Å²) < 4.78 is 98.6. The van der Waals surface area contributed by atoms with Crippen molar-refractivity contribution >= 4 is 5.91 Å². The zero-order chi connectivity index (χ0) is 23.7. The Hall–Kier alpha value is -3.57. The smallest absolute Gasteiger partial charge is 0.434 e. The quantitative estimate of drug-likeness (QED) is 0.545. The molecule has 0 radical (unpaired) electrons. The van der Waals surface area contributed by atoms with Gasteiger partial charge in [-0.25, -0.2) is 9.07 Å². The third-order valence-electron chi connectivity index (χ3n) is 4.37. The number of carbonyl (C=O) groups excluding carboxylic acids is 1. The van der Waals surface area contributed by atoms with Crippen molar-refractivity contribution in [2.75, 3.05) is 7.11 Å². The third kappa shape index (κ3) is 4.84. The maximum Gasteiger partial charge on any atom is 0.434 e. The number of halogens is 7. The van der Waals surface area contributed by atoms with E-state index in [0.717, 1.165) is 18.2 Å². The zero-order valence-corrected chi connectivity index (χ0v) is 16.2. The Morgan fingerprint density at radius 1 is 1.06 bits per heavy atom. The van der Waals surface area contributed by atoms with Crippen LogP contribution in [0.3, 0.4) is 0 Å². The molecule has 0 aliphatic carbocycles. The van der Waals surface area contributed by atoms with E-state index in [2.05, 4.69) is 10.4 Å². The maximum atomic E-state index is 13.7. The highest BCUT2D eigenvalue weighted by Gasteiger charge is 2.41. The lowest BCUT2D eigenvalue weighted by Crippen LogP contribution is -2.26. The van der Waals surface area contributed by atoms with Crippen LogP contribution in [0.4, 0.5) is 30.7 Å². The predicted octanol–water partition coefficient (Wildman–Crippen LogP) is 4.99. The standard InChI is InChI=1S/C20H14F7N3O2/c1-32-16-6-5-11(7-15(16)21)9-28-18(31)14-10-29-30(17(14)20(25,26)27)13-4-2-3-12(8-13)19(22,23)24/h2-8,10H,9H2,1H3,(H,28,31). The molecule has 1 aromatic heterocycles. The lowest BCUT2D eigenvalue weighted by molar-refractivity contribution is -0.143. The summed E-state index contributed by atoms with van der Waals surface area (Å²) in [4.78, 5) is 12.4. The number of ether oxygens (including phenoxy) is 1. The van der Waals surface area contributed by atoms with Crippen LogP contribution in [0.2, 0.25) is 0 Å². The van der Waals surface area contributed by atoms with Crippen molar-refractivity contribution in [2.24, 2.45) is 0 Å². The molecule has 3 rings (SSSR count). The summed E-state index contributed by atoms with van der Waals surface area (Å²) in [5.41, 5.74) is -3.90. The molecule has 0 fully saturated rings. The summed E-state index contributed by atoms with van der Waals surface area (Å²) in [7, 11) is 1.25. The summed E-state index contributed by atoms with van der Waals surface area (Å²) >= 11 is 0. The summed E-state index contributed by atoms with van der Waals surface area (Å²) in [5.74, 6) is -1.97. The number of carbonyl (C=O) groups is 1. The van der Waals surface area contributed by atoms with E-state index in [1.165, 1.54) is 19.2 Å². The van der Waals surface area contributed by atoms with Crippen LogP contribution < -0.4 is 10.1 Å². The number of hydrogen-bond acceptors (Lipinski definition) is 3. The van der Waals surface area contributed by atoms with E-state index in [9.17, 15) is 35.5 Å². The fraction of sp³-hybridized carbons (Fsp3) is 0.200. The van der Waals surface area contributed by atoms with Gasteiger partial charge in [-0.2, -0.15) is 31.4 Å². The zero-order valence-electron chi connectivity index (χ0n) is 16.2. The molecule has 1 amide bonds. The Morgan fingerprint density at radius 2 is 1.78 bits per heavy atom. The summed E-state index contributed by atoms with van der Waals surface area (Å²) in [6.07, 6.45) is -9.29. The molecule has 170 valence electrons. The average molecular weight is 461 g/mol. The second kappa shape index (κ2) is 8.52. The normalized spacial score (nSPS) is 12.0. The van der Waals surface area contributed by atoms with Crippen molar-refractivity contribution in [1.82, 2.24) is 15.1 Å². The van der Waals surface area contributed by atoms with Crippen molar-refractivity contribution in [2.45, 2.75) is 18.9 Å². The van der Waals surface area contributed by atoms with Gasteiger partial charge in [-0.15, -0.1) is 0 Å². The first kappa shape index (κ1) is 23.1. The highest BCUT2D eigenvalue weighted by atomic mass is 19.4. The molecule has 12 heteroatoms. The van der Waals surface area contributed by atoms with Crippen LogP contribution in [-0.2, 0) is 18.9 Å². The Bertz CT molecular complexity index is 1140. The van der Waals surface area contributed by atoms with Gasteiger partial charge in [0.1, 0.15) is 0 Å². The molecule has 0 bridgehead atoms. The van der Waals surface area contributed by atoms with Gasteiger partial charge in [0.15, 0.2) is 17.3 Å². The summed E-state index contributed by atoms with van der Waals surface area (Å²) in [6, 6.07) is 6.83. The van der Waals surface area contributed by atoms with Gasteiger partial charge < -0.3 is 10.1 Å². The van der Waals surface area contributed by atoms with Crippen LogP contribution in [0.15, 0.2) is 48.7 Å². The van der Waals surface area contributed by atoms with E-state index in [0.29, 0.717) is 18.3 Å². The SMILES string of the molecule is COc1ccc(CNC(=O)c2cnn(-c3cccc(C(F)(F)F)c3)c2C(F)(F)F)cc1F. The molecule has 0 aliphatic rings. The number of benzene rings is 2. The topological polar surface area (TPSA) is 56.1 Å². The number of amides is 1. The van der Waals surface area contributed by atoms with Crippen LogP contribution in [0.25, 0.3) is 5.69 Å². The van der Waals surface area contributed by atoms with Crippen LogP contribution in [0.5, 0.6) is 5.75 Å². The molecule has 0 spiro atoms. The molecule has 1 N–H and O–H groups in total. The second-order valence-corrected chi connectivity index (χ2v) is 6.52. The molecule has 3 aromatic rings. The number of nitrogens with one attached hydrogen (secondary N) is 1. The second-order valence-electron chi connectivity index (χ2n) is 6.52. The Labute approximate surface area is 176 Å². The van der Waals surface area contributed by atoms with Crippen LogP contribution >= 0.6 is 0 Å². The first-order chi connectivity index (χ1) is 14.9. The molecule has 5 nitrogen and oxygen atoms in total. The van der Waals surface area contributed by atoms with Crippen LogP contribution in [0, 0.1) is 5.82 Å². The number of alkyl halides is 6. The highest BCUT2D eigenvalue weighted by molar-refractivity contribution is 5.95. The van der Waals surface area contributed by atoms with Crippen molar-refractivity contribution in [3.63, 3.8) is 0 Å². The predicted molar refractivity (Wildman–Crippen MR) is 97.7 cm³/mol. The molecular weight excluding hydrogens is 447 g/mol. The van der Waals surface area contributed by atoms with Crippen LogP contribution in [0.1, 0.15) is 27.2 Å². The third-order valence-corrected chi connectivity index (χ3v) is 4.37. The van der Waals surface area contributed by atoms with Gasteiger partial charge in [0.25, 0.3) is 5.91 Å². The van der Waals surface area contributed by atoms with Gasteiger partial charge in [-0.05, 0) is 35.9 Å². The van der Waals surface area contributed by atoms with Crippen molar-refractivity contribution in [1.29, 1.82) is 0 Å². The first-order valence-electron chi connectivity index (χ1n) is 8.85. The lowest BCUT2D eigenvalue weighted by atomic mass is 10.1. The number of aromatic nitrogens is 2. The highest BCUT2D eigenvalue weighted by Crippen LogP contribution is 2.35. The van der Waals surface area contributed by atoms with Crippen molar-refractivity contribution < 1.29 is 40.3 Å². The van der Waals surface area contributed by atoms with E-state index >= 15 is 0 Å². The molecule has 0 saturated heterocycles. The number of hydrogen-bond donors (Lipinski definition) is 1. The molecular formula is C20H14F7N3O2. The van der Waals surface area contributed by atoms with Gasteiger partial charge in [-0.3, -0.25) is 4.79 Å². The lowest BCUT2D eigenvalue weighted by Gasteiger charge is -2.14. The molecule has 0 saturated carbocycles. The Kier molecular flexibility index (Phi) is 6.15. The minimum absolute atomic E-state index is 0.0539. The van der Waals surface area contributed by atoms with E-state index in [1.807, 2.05) is 0 Å². The summed E-state index contributed by atoms with van der Waals surface area (Å²) in [6.45, 7) is -0.314. The monoisotopic (exact) mass is 461 g/mol. The van der Waals surface area contributed by atoms with Gasteiger partial charge >= 0.3 is 12.4 Å². The van der Waals surface area contributed by atoms with Gasteiger partial charge in [0.05, 0.1) is 30.1 Å². The van der Waals surface area contributed by atoms with Gasteiger partial charge in [-0.1, -0.05) is 12.1 Å². The molecule has 32 heavy (non-hydrogen) atoms. The Morgan fingerprint density at radius 3 is 2.38 bits per heavy atom. The van der Waals surface area contributed by atoms with E-state index < -0.39 is 46.6 Å². The summed E-state index contributed by atoms with van der Waals surface area (Å²) in [5, 5.41) is 5.69. The molecule has 0 unspecified atom stereocenters. The van der Waals surface area contributed by atoms with Crippen molar-refractivity contribution in [3.05, 3.63) is 76.9 Å². The molecule has 1 heterocycles. The van der Waals surface area contributed by atoms with E-state index in [4.69, 9.17) is 4.74 Å². The Balaban J connectivity index is 1.92.